The number of nitrogens with zero attached hydrogens (tertiary/aromatic N) is 1. The van der Waals surface area contributed by atoms with Gasteiger partial charge in [0.1, 0.15) is 0 Å². The van der Waals surface area contributed by atoms with Crippen LogP contribution in [0.4, 0.5) is 5.69 Å². The smallest absolute Gasteiger partial charge is 0.252 e. The van der Waals surface area contributed by atoms with Gasteiger partial charge >= 0.3 is 0 Å². The van der Waals surface area contributed by atoms with Crippen LogP contribution in [-0.2, 0) is 0 Å². The summed E-state index contributed by atoms with van der Waals surface area (Å²) < 4.78 is 0. The lowest BCUT2D eigenvalue weighted by Gasteiger charge is -2.56. The molecule has 1 heterocycles. The van der Waals surface area contributed by atoms with Gasteiger partial charge in [-0.05, 0) is 106 Å². The largest absolute Gasteiger partial charge is 0.384 e. The molecule has 2 N–H and O–H groups in total. The Labute approximate surface area is 186 Å². The lowest BCUT2D eigenvalue weighted by molar-refractivity contribution is -0.0503. The van der Waals surface area contributed by atoms with Gasteiger partial charge in [-0.25, -0.2) is 0 Å². The predicted octanol–water partition coefficient (Wildman–Crippen LogP) is 5.18. The lowest BCUT2D eigenvalue weighted by atomic mass is 9.49. The van der Waals surface area contributed by atoms with E-state index in [9.17, 15) is 4.79 Å². The van der Waals surface area contributed by atoms with Crippen LogP contribution in [0, 0.1) is 23.2 Å². The summed E-state index contributed by atoms with van der Waals surface area (Å²) >= 11 is 6.40. The van der Waals surface area contributed by atoms with Gasteiger partial charge in [0.15, 0.2) is 0 Å². The molecule has 0 radical (unpaired) electrons. The second-order valence-corrected chi connectivity index (χ2v) is 11.0. The number of nitrogens with one attached hydrogen (secondary N) is 2. The first kappa shape index (κ1) is 20.6. The number of likely N-dealkylation sites (tertiary alicyclic amines) is 1. The Morgan fingerprint density at radius 1 is 1.03 bits per heavy atom. The second kappa shape index (κ2) is 8.70. The minimum absolute atomic E-state index is 0.0181. The summed E-state index contributed by atoms with van der Waals surface area (Å²) in [6.07, 6.45) is 12.2. The van der Waals surface area contributed by atoms with Crippen molar-refractivity contribution in [1.29, 1.82) is 0 Å². The highest BCUT2D eigenvalue weighted by molar-refractivity contribution is 6.34. The molecule has 1 aromatic rings. The van der Waals surface area contributed by atoms with E-state index in [-0.39, 0.29) is 5.91 Å². The molecule has 5 aliphatic rings. The molecule has 4 aliphatic carbocycles. The van der Waals surface area contributed by atoms with Crippen LogP contribution in [0.15, 0.2) is 18.2 Å². The molecule has 4 nitrogen and oxygen atoms in total. The number of hydrogen-bond acceptors (Lipinski definition) is 3. The van der Waals surface area contributed by atoms with Crippen molar-refractivity contribution >= 4 is 23.2 Å². The van der Waals surface area contributed by atoms with Gasteiger partial charge in [-0.15, -0.1) is 0 Å². The highest BCUT2D eigenvalue weighted by Gasteiger charge is 2.50. The molecule has 0 atom stereocenters. The normalized spacial score (nSPS) is 32.9. The van der Waals surface area contributed by atoms with Crippen molar-refractivity contribution in [2.45, 2.75) is 57.8 Å². The Balaban J connectivity index is 1.16. The highest BCUT2D eigenvalue weighted by atomic mass is 35.5. The summed E-state index contributed by atoms with van der Waals surface area (Å²) in [6.45, 7) is 5.19. The first-order valence-electron chi connectivity index (χ1n) is 12.1. The molecule has 0 unspecified atom stereocenters. The number of hydrogen-bond donors (Lipinski definition) is 2. The average Bonchev–Trinajstić information content (AvgIpc) is 2.73. The van der Waals surface area contributed by atoms with Gasteiger partial charge in [0.2, 0.25) is 0 Å². The average molecular weight is 430 g/mol. The second-order valence-electron chi connectivity index (χ2n) is 10.6. The molecule has 4 bridgehead atoms. The molecule has 1 amide bonds. The van der Waals surface area contributed by atoms with E-state index >= 15 is 0 Å². The van der Waals surface area contributed by atoms with Crippen LogP contribution in [0.3, 0.4) is 0 Å². The van der Waals surface area contributed by atoms with Crippen molar-refractivity contribution in [3.8, 4) is 0 Å². The zero-order chi connectivity index (χ0) is 20.6. The minimum Gasteiger partial charge on any atom is -0.384 e. The molecule has 4 saturated carbocycles. The van der Waals surface area contributed by atoms with Crippen LogP contribution in [0.2, 0.25) is 5.02 Å². The fourth-order valence-corrected chi connectivity index (χ4v) is 7.42. The molecule has 5 heteroatoms. The van der Waals surface area contributed by atoms with E-state index < -0.39 is 0 Å². The highest BCUT2D eigenvalue weighted by Crippen LogP contribution is 2.59. The van der Waals surface area contributed by atoms with Crippen LogP contribution < -0.4 is 10.6 Å². The predicted molar refractivity (Wildman–Crippen MR) is 123 cm³/mol. The van der Waals surface area contributed by atoms with E-state index in [2.05, 4.69) is 15.5 Å². The third kappa shape index (κ3) is 4.50. The van der Waals surface area contributed by atoms with Crippen LogP contribution in [0.25, 0.3) is 0 Å². The van der Waals surface area contributed by atoms with Crippen LogP contribution in [0.1, 0.15) is 68.1 Å². The Bertz CT molecular complexity index is 738. The van der Waals surface area contributed by atoms with E-state index in [1.54, 1.807) is 0 Å². The number of benzene rings is 1. The maximum absolute atomic E-state index is 13.0. The monoisotopic (exact) mass is 429 g/mol. The molecule has 5 fully saturated rings. The summed E-state index contributed by atoms with van der Waals surface area (Å²) in [4.78, 5) is 15.5. The fourth-order valence-electron chi connectivity index (χ4n) is 7.22. The van der Waals surface area contributed by atoms with Crippen molar-refractivity contribution < 1.29 is 4.79 Å². The van der Waals surface area contributed by atoms with Gasteiger partial charge in [-0.3, -0.25) is 4.79 Å². The quantitative estimate of drug-likeness (QED) is 0.627. The van der Waals surface area contributed by atoms with Crippen molar-refractivity contribution in [2.75, 3.05) is 38.0 Å². The lowest BCUT2D eigenvalue weighted by Crippen LogP contribution is -2.51. The van der Waals surface area contributed by atoms with E-state index in [0.717, 1.165) is 43.1 Å². The van der Waals surface area contributed by atoms with Crippen molar-refractivity contribution in [3.05, 3.63) is 28.8 Å². The number of piperidine rings is 1. The summed E-state index contributed by atoms with van der Waals surface area (Å²) in [5.74, 6) is 2.70. The zero-order valence-corrected chi connectivity index (χ0v) is 18.9. The molecule has 164 valence electrons. The van der Waals surface area contributed by atoms with Crippen molar-refractivity contribution in [1.82, 2.24) is 10.2 Å². The van der Waals surface area contributed by atoms with Gasteiger partial charge in [0, 0.05) is 25.3 Å². The van der Waals surface area contributed by atoms with E-state index in [4.69, 9.17) is 11.6 Å². The van der Waals surface area contributed by atoms with Gasteiger partial charge in [0.25, 0.3) is 5.91 Å². The number of halogens is 1. The Hall–Kier alpha value is -1.26. The van der Waals surface area contributed by atoms with Gasteiger partial charge in [0.05, 0.1) is 10.6 Å². The summed E-state index contributed by atoms with van der Waals surface area (Å²) in [6, 6.07) is 5.76. The molecule has 1 aromatic carbocycles. The standard InChI is InChI=1S/C25H36ClN3O/c26-23-5-4-21(27-6-9-29-7-2-1-3-8-29)13-22(23)24(30)28-17-25-14-18-10-19(15-25)12-20(11-18)16-25/h4-5,13,18-20,27H,1-3,6-12,14-17H2,(H,28,30). The van der Waals surface area contributed by atoms with Crippen LogP contribution in [-0.4, -0.2) is 43.5 Å². The number of carbonyl (C=O) groups excluding carboxylic acids is 1. The summed E-state index contributed by atoms with van der Waals surface area (Å²) in [5.41, 5.74) is 1.93. The number of amides is 1. The van der Waals surface area contributed by atoms with Gasteiger partial charge in [-0.2, -0.15) is 0 Å². The van der Waals surface area contributed by atoms with Crippen molar-refractivity contribution in [2.24, 2.45) is 23.2 Å². The molecule has 0 spiro atoms. The fraction of sp³-hybridized carbons (Fsp3) is 0.720. The van der Waals surface area contributed by atoms with E-state index in [1.807, 2.05) is 18.2 Å². The van der Waals surface area contributed by atoms with Gasteiger partial charge < -0.3 is 15.5 Å². The molecular weight excluding hydrogens is 394 g/mol. The van der Waals surface area contributed by atoms with Gasteiger partial charge in [-0.1, -0.05) is 18.0 Å². The minimum atomic E-state index is -0.0181. The summed E-state index contributed by atoms with van der Waals surface area (Å²) in [7, 11) is 0. The molecule has 0 aromatic heterocycles. The third-order valence-electron chi connectivity index (χ3n) is 8.21. The van der Waals surface area contributed by atoms with E-state index in [1.165, 1.54) is 70.9 Å². The zero-order valence-electron chi connectivity index (χ0n) is 18.1. The maximum Gasteiger partial charge on any atom is 0.252 e. The van der Waals surface area contributed by atoms with Crippen LogP contribution >= 0.6 is 11.6 Å². The molecular formula is C25H36ClN3O. The Morgan fingerprint density at radius 3 is 2.37 bits per heavy atom. The topological polar surface area (TPSA) is 44.4 Å². The molecule has 1 saturated heterocycles. The first-order chi connectivity index (χ1) is 14.6. The van der Waals surface area contributed by atoms with Crippen molar-refractivity contribution in [3.63, 3.8) is 0 Å². The van der Waals surface area contributed by atoms with E-state index in [0.29, 0.717) is 16.0 Å². The maximum atomic E-state index is 13.0. The molecule has 1 aliphatic heterocycles. The van der Waals surface area contributed by atoms with Crippen LogP contribution in [0.5, 0.6) is 0 Å². The number of rotatable bonds is 7. The SMILES string of the molecule is O=C(NCC12CC3CC(CC(C3)C1)C2)c1cc(NCCN2CCCCC2)ccc1Cl. The number of anilines is 1. The summed E-state index contributed by atoms with van der Waals surface area (Å²) in [5, 5.41) is 7.30. The third-order valence-corrected chi connectivity index (χ3v) is 8.54. The Kier molecular flexibility index (Phi) is 5.99. The Morgan fingerprint density at radius 2 is 1.70 bits per heavy atom. The molecule has 6 rings (SSSR count). The number of carbonyl (C=O) groups is 1. The first-order valence-corrected chi connectivity index (χ1v) is 12.5. The molecule has 30 heavy (non-hydrogen) atoms.